The molecule has 0 saturated carbocycles. The zero-order chi connectivity index (χ0) is 15.8. The number of hydrogen-bond acceptors (Lipinski definition) is 4. The fourth-order valence-electron chi connectivity index (χ4n) is 2.33. The number of ether oxygens (including phenoxy) is 1. The Morgan fingerprint density at radius 3 is 2.52 bits per heavy atom. The average Bonchev–Trinajstić information content (AvgIpc) is 2.38. The van der Waals surface area contributed by atoms with E-state index in [9.17, 15) is 14.4 Å². The molecule has 1 aromatic rings. The van der Waals surface area contributed by atoms with Crippen molar-refractivity contribution in [2.45, 2.75) is 39.3 Å². The van der Waals surface area contributed by atoms with Crippen molar-refractivity contribution in [1.82, 2.24) is 0 Å². The van der Waals surface area contributed by atoms with E-state index in [2.05, 4.69) is 5.32 Å². The Morgan fingerprint density at radius 1 is 1.29 bits per heavy atom. The van der Waals surface area contributed by atoms with E-state index in [4.69, 9.17) is 4.74 Å². The van der Waals surface area contributed by atoms with Gasteiger partial charge >= 0.3 is 5.97 Å². The van der Waals surface area contributed by atoms with Gasteiger partial charge in [0, 0.05) is 6.92 Å². The predicted octanol–water partition coefficient (Wildman–Crippen LogP) is 1.70. The van der Waals surface area contributed by atoms with Gasteiger partial charge in [-0.2, -0.15) is 0 Å². The van der Waals surface area contributed by atoms with Crippen LogP contribution in [0.15, 0.2) is 24.3 Å². The van der Waals surface area contributed by atoms with Crippen molar-refractivity contribution in [3.63, 3.8) is 0 Å². The molecule has 0 aromatic heterocycles. The second-order valence-corrected chi connectivity index (χ2v) is 5.46. The summed E-state index contributed by atoms with van der Waals surface area (Å²) in [5, 5.41) is 2.77. The van der Waals surface area contributed by atoms with E-state index in [-0.39, 0.29) is 5.91 Å². The van der Waals surface area contributed by atoms with Gasteiger partial charge in [0.15, 0.2) is 6.10 Å². The van der Waals surface area contributed by atoms with Crippen LogP contribution in [0.4, 0.5) is 11.4 Å². The number of hydrogen-bond donors (Lipinski definition) is 1. The molecule has 6 heteroatoms. The smallest absolute Gasteiger partial charge is 0.303 e. The number of amides is 2. The highest BCUT2D eigenvalue weighted by molar-refractivity contribution is 6.15. The number of carbonyl (C=O) groups excluding carboxylic acids is 3. The largest absolute Gasteiger partial charge is 0.453 e. The first-order valence-corrected chi connectivity index (χ1v) is 6.67. The highest BCUT2D eigenvalue weighted by Gasteiger charge is 2.45. The van der Waals surface area contributed by atoms with E-state index in [1.165, 1.54) is 18.7 Å². The van der Waals surface area contributed by atoms with Gasteiger partial charge in [-0.05, 0) is 32.9 Å². The zero-order valence-electron chi connectivity index (χ0n) is 12.5. The number of rotatable bonds is 2. The van der Waals surface area contributed by atoms with Gasteiger partial charge in [-0.1, -0.05) is 12.1 Å². The Labute approximate surface area is 123 Å². The minimum atomic E-state index is -1.07. The number of carbonyl (C=O) groups is 3. The lowest BCUT2D eigenvalue weighted by Gasteiger charge is -2.42. The van der Waals surface area contributed by atoms with E-state index in [0.717, 1.165) is 0 Å². The first kappa shape index (κ1) is 15.0. The topological polar surface area (TPSA) is 75.7 Å². The van der Waals surface area contributed by atoms with Gasteiger partial charge in [-0.3, -0.25) is 19.3 Å². The lowest BCUT2D eigenvalue weighted by atomic mass is 9.95. The molecule has 2 amide bonds. The van der Waals surface area contributed by atoms with E-state index < -0.39 is 23.5 Å². The number of para-hydroxylation sites is 2. The van der Waals surface area contributed by atoms with E-state index in [1.54, 1.807) is 38.1 Å². The van der Waals surface area contributed by atoms with E-state index >= 15 is 0 Å². The van der Waals surface area contributed by atoms with Crippen molar-refractivity contribution >= 4 is 29.2 Å². The van der Waals surface area contributed by atoms with Crippen LogP contribution in [0.5, 0.6) is 0 Å². The number of fused-ring (bicyclic) bond motifs is 1. The van der Waals surface area contributed by atoms with Crippen LogP contribution in [-0.2, 0) is 19.1 Å². The summed E-state index contributed by atoms with van der Waals surface area (Å²) in [4.78, 5) is 37.3. The number of benzene rings is 1. The van der Waals surface area contributed by atoms with Crippen LogP contribution < -0.4 is 10.2 Å². The van der Waals surface area contributed by atoms with Gasteiger partial charge < -0.3 is 10.1 Å². The first-order chi connectivity index (χ1) is 9.75. The Morgan fingerprint density at radius 2 is 1.90 bits per heavy atom. The molecular weight excluding hydrogens is 272 g/mol. The molecule has 1 aliphatic heterocycles. The van der Waals surface area contributed by atoms with Gasteiger partial charge in [-0.15, -0.1) is 0 Å². The van der Waals surface area contributed by atoms with Crippen LogP contribution in [0.25, 0.3) is 0 Å². The Bertz CT molecular complexity index is 609. The third kappa shape index (κ3) is 2.61. The molecule has 0 fully saturated rings. The summed E-state index contributed by atoms with van der Waals surface area (Å²) < 4.78 is 4.95. The molecule has 0 aliphatic carbocycles. The zero-order valence-corrected chi connectivity index (χ0v) is 12.5. The van der Waals surface area contributed by atoms with Crippen molar-refractivity contribution < 1.29 is 19.1 Å². The molecule has 112 valence electrons. The van der Waals surface area contributed by atoms with Crippen LogP contribution >= 0.6 is 0 Å². The number of anilines is 2. The molecule has 1 heterocycles. The second-order valence-electron chi connectivity index (χ2n) is 5.46. The Balaban J connectivity index is 2.46. The second kappa shape index (κ2) is 5.20. The molecule has 0 saturated heterocycles. The average molecular weight is 290 g/mol. The van der Waals surface area contributed by atoms with E-state index in [0.29, 0.717) is 11.4 Å². The molecule has 1 N–H and O–H groups in total. The lowest BCUT2D eigenvalue weighted by Crippen LogP contribution is -2.60. The van der Waals surface area contributed by atoms with Crippen LogP contribution in [0, 0.1) is 0 Å². The van der Waals surface area contributed by atoms with Crippen LogP contribution in [-0.4, -0.2) is 29.4 Å². The van der Waals surface area contributed by atoms with E-state index in [1.807, 2.05) is 0 Å². The SMILES string of the molecule is CC(=O)O[C@@H](C)C(=O)N1c2ccccc2NC(=O)C1(C)C. The summed E-state index contributed by atoms with van der Waals surface area (Å²) in [6.45, 7) is 6.04. The summed E-state index contributed by atoms with van der Waals surface area (Å²) >= 11 is 0. The molecule has 0 bridgehead atoms. The van der Waals surface area contributed by atoms with Gasteiger partial charge in [-0.25, -0.2) is 0 Å². The number of esters is 1. The molecule has 21 heavy (non-hydrogen) atoms. The van der Waals surface area contributed by atoms with Gasteiger partial charge in [0.25, 0.3) is 5.91 Å². The monoisotopic (exact) mass is 290 g/mol. The maximum atomic E-state index is 12.6. The quantitative estimate of drug-likeness (QED) is 0.841. The molecule has 1 atom stereocenters. The maximum absolute atomic E-state index is 12.6. The van der Waals surface area contributed by atoms with Crippen molar-refractivity contribution in [3.05, 3.63) is 24.3 Å². The van der Waals surface area contributed by atoms with Crippen molar-refractivity contribution in [2.75, 3.05) is 10.2 Å². The van der Waals surface area contributed by atoms with Crippen molar-refractivity contribution in [3.8, 4) is 0 Å². The van der Waals surface area contributed by atoms with Crippen LogP contribution in [0.3, 0.4) is 0 Å². The summed E-state index contributed by atoms with van der Waals surface area (Å²) in [7, 11) is 0. The number of nitrogens with zero attached hydrogens (tertiary/aromatic N) is 1. The third-order valence-electron chi connectivity index (χ3n) is 3.42. The molecule has 0 unspecified atom stereocenters. The van der Waals surface area contributed by atoms with Crippen LogP contribution in [0.1, 0.15) is 27.7 Å². The summed E-state index contributed by atoms with van der Waals surface area (Å²) in [5.74, 6) is -1.26. The molecule has 1 aliphatic rings. The highest BCUT2D eigenvalue weighted by atomic mass is 16.5. The Hall–Kier alpha value is -2.37. The fourth-order valence-corrected chi connectivity index (χ4v) is 2.33. The van der Waals surface area contributed by atoms with Gasteiger partial charge in [0.1, 0.15) is 5.54 Å². The number of nitrogens with one attached hydrogen (secondary N) is 1. The maximum Gasteiger partial charge on any atom is 0.303 e. The molecule has 1 aromatic carbocycles. The molecule has 0 spiro atoms. The minimum Gasteiger partial charge on any atom is -0.453 e. The summed E-state index contributed by atoms with van der Waals surface area (Å²) in [6.07, 6.45) is -0.958. The van der Waals surface area contributed by atoms with Gasteiger partial charge in [0.2, 0.25) is 5.91 Å². The van der Waals surface area contributed by atoms with Crippen LogP contribution in [0.2, 0.25) is 0 Å². The normalized spacial score (nSPS) is 17.5. The molecule has 6 nitrogen and oxygen atoms in total. The summed E-state index contributed by atoms with van der Waals surface area (Å²) in [6, 6.07) is 7.02. The molecular formula is C15H18N2O4. The lowest BCUT2D eigenvalue weighted by molar-refractivity contribution is -0.152. The Kier molecular flexibility index (Phi) is 3.72. The predicted molar refractivity (Wildman–Crippen MR) is 77.9 cm³/mol. The standard InChI is InChI=1S/C15H18N2O4/c1-9(21-10(2)18)13(19)17-12-8-6-5-7-11(12)16-14(20)15(17,3)4/h5-9H,1-4H3,(H,16,20)/t9-/m0/s1. The fraction of sp³-hybridized carbons (Fsp3) is 0.400. The van der Waals surface area contributed by atoms with Gasteiger partial charge in [0.05, 0.1) is 11.4 Å². The molecule has 2 rings (SSSR count). The highest BCUT2D eigenvalue weighted by Crippen LogP contribution is 2.37. The summed E-state index contributed by atoms with van der Waals surface area (Å²) in [5.41, 5.74) is 0.0798. The minimum absolute atomic E-state index is 0.287. The van der Waals surface area contributed by atoms with Crippen molar-refractivity contribution in [2.24, 2.45) is 0 Å². The molecule has 0 radical (unpaired) electrons. The first-order valence-electron chi connectivity index (χ1n) is 6.67. The van der Waals surface area contributed by atoms with Crippen molar-refractivity contribution in [1.29, 1.82) is 0 Å². The third-order valence-corrected chi connectivity index (χ3v) is 3.42.